The van der Waals surface area contributed by atoms with Crippen molar-refractivity contribution in [3.8, 4) is 5.75 Å². The quantitative estimate of drug-likeness (QED) is 0.418. The van der Waals surface area contributed by atoms with Crippen LogP contribution < -0.4 is 4.74 Å². The summed E-state index contributed by atoms with van der Waals surface area (Å²) in [5.41, 5.74) is 0. The van der Waals surface area contributed by atoms with Gasteiger partial charge < -0.3 is 4.74 Å². The van der Waals surface area contributed by atoms with Gasteiger partial charge in [0.1, 0.15) is 5.75 Å². The first-order valence-corrected chi connectivity index (χ1v) is 3.52. The number of ether oxygens (including phenoxy) is 1. The van der Waals surface area contributed by atoms with Crippen LogP contribution in [0.2, 0.25) is 0 Å². The van der Waals surface area contributed by atoms with Gasteiger partial charge in [-0.25, -0.2) is 13.6 Å². The van der Waals surface area contributed by atoms with Crippen LogP contribution in [-0.4, -0.2) is 5.97 Å². The Morgan fingerprint density at radius 3 is 2.43 bits per heavy atom. The summed E-state index contributed by atoms with van der Waals surface area (Å²) in [6.45, 7) is 2.68. The molecule has 0 fully saturated rings. The number of hydrogen-bond donors (Lipinski definition) is 0. The molecule has 5 heteroatoms. The van der Waals surface area contributed by atoms with Crippen LogP contribution in [0.4, 0.5) is 13.2 Å². The van der Waals surface area contributed by atoms with Crippen LogP contribution in [0.15, 0.2) is 30.6 Å². The second kappa shape index (κ2) is 3.95. The van der Waals surface area contributed by atoms with E-state index < -0.39 is 23.4 Å². The molecule has 0 radical (unpaired) electrons. The van der Waals surface area contributed by atoms with Gasteiger partial charge in [-0.1, -0.05) is 6.58 Å². The van der Waals surface area contributed by atoms with Crippen LogP contribution in [0.3, 0.4) is 0 Å². The second-order valence-electron chi connectivity index (χ2n) is 2.37. The summed E-state index contributed by atoms with van der Waals surface area (Å²) in [6.07, 6.45) is 0. The van der Waals surface area contributed by atoms with Gasteiger partial charge in [-0.15, -0.1) is 0 Å². The van der Waals surface area contributed by atoms with Gasteiger partial charge >= 0.3 is 5.97 Å². The lowest BCUT2D eigenvalue weighted by molar-refractivity contribution is -0.131. The first-order valence-electron chi connectivity index (χ1n) is 3.52. The van der Waals surface area contributed by atoms with Crippen molar-refractivity contribution >= 4 is 5.97 Å². The molecular weight excluding hydrogens is 197 g/mol. The SMILES string of the molecule is C=C(F)C(=O)Oc1ccc(F)c(F)c1. The Hall–Kier alpha value is -1.78. The lowest BCUT2D eigenvalue weighted by atomic mass is 10.3. The van der Waals surface area contributed by atoms with Crippen molar-refractivity contribution in [2.24, 2.45) is 0 Å². The molecule has 0 unspecified atom stereocenters. The van der Waals surface area contributed by atoms with Crippen molar-refractivity contribution in [2.45, 2.75) is 0 Å². The van der Waals surface area contributed by atoms with Gasteiger partial charge in [-0.2, -0.15) is 4.39 Å². The van der Waals surface area contributed by atoms with Crippen LogP contribution in [0.25, 0.3) is 0 Å². The fourth-order valence-corrected chi connectivity index (χ4v) is 0.703. The molecule has 0 aromatic heterocycles. The highest BCUT2D eigenvalue weighted by Gasteiger charge is 2.10. The van der Waals surface area contributed by atoms with Gasteiger partial charge in [0.05, 0.1) is 0 Å². The maximum absolute atomic E-state index is 12.5. The van der Waals surface area contributed by atoms with Crippen molar-refractivity contribution in [1.29, 1.82) is 0 Å². The minimum Gasteiger partial charge on any atom is -0.421 e. The highest BCUT2D eigenvalue weighted by Crippen LogP contribution is 2.16. The van der Waals surface area contributed by atoms with Gasteiger partial charge in [0.25, 0.3) is 0 Å². The minimum absolute atomic E-state index is 0.285. The molecule has 0 aliphatic heterocycles. The molecule has 0 saturated carbocycles. The van der Waals surface area contributed by atoms with Crippen LogP contribution in [0.5, 0.6) is 5.75 Å². The smallest absolute Gasteiger partial charge is 0.371 e. The van der Waals surface area contributed by atoms with Crippen molar-refractivity contribution in [3.05, 3.63) is 42.2 Å². The molecule has 74 valence electrons. The average molecular weight is 202 g/mol. The van der Waals surface area contributed by atoms with E-state index in [-0.39, 0.29) is 5.75 Å². The Morgan fingerprint density at radius 1 is 1.29 bits per heavy atom. The predicted molar refractivity (Wildman–Crippen MR) is 42.2 cm³/mol. The van der Waals surface area contributed by atoms with Crippen LogP contribution in [-0.2, 0) is 4.79 Å². The van der Waals surface area contributed by atoms with E-state index in [1.807, 2.05) is 0 Å². The molecule has 0 bridgehead atoms. The summed E-state index contributed by atoms with van der Waals surface area (Å²) in [5, 5.41) is 0. The minimum atomic E-state index is -1.34. The standard InChI is InChI=1S/C9H5F3O2/c1-5(10)9(13)14-6-2-3-7(11)8(12)4-6/h2-4H,1H2. The molecule has 0 N–H and O–H groups in total. The third-order valence-corrected chi connectivity index (χ3v) is 1.32. The van der Waals surface area contributed by atoms with Crippen molar-refractivity contribution in [1.82, 2.24) is 0 Å². The number of carbonyl (C=O) groups is 1. The molecule has 14 heavy (non-hydrogen) atoms. The molecule has 0 atom stereocenters. The van der Waals surface area contributed by atoms with E-state index in [2.05, 4.69) is 11.3 Å². The van der Waals surface area contributed by atoms with Gasteiger partial charge in [0.2, 0.25) is 5.83 Å². The number of carbonyl (C=O) groups excluding carboxylic acids is 1. The Labute approximate surface area is 77.6 Å². The van der Waals surface area contributed by atoms with E-state index in [0.29, 0.717) is 6.07 Å². The highest BCUT2D eigenvalue weighted by molar-refractivity contribution is 5.87. The summed E-state index contributed by atoms with van der Waals surface area (Å²) in [7, 11) is 0. The first kappa shape index (κ1) is 10.3. The summed E-state index contributed by atoms with van der Waals surface area (Å²) < 4.78 is 41.4. The van der Waals surface area contributed by atoms with Crippen LogP contribution >= 0.6 is 0 Å². The normalized spacial score (nSPS) is 9.64. The van der Waals surface area contributed by atoms with E-state index in [9.17, 15) is 18.0 Å². The summed E-state index contributed by atoms with van der Waals surface area (Å²) >= 11 is 0. The largest absolute Gasteiger partial charge is 0.421 e. The molecule has 1 aromatic carbocycles. The summed E-state index contributed by atoms with van der Waals surface area (Å²) in [6, 6.07) is 2.40. The number of halogens is 3. The third-order valence-electron chi connectivity index (χ3n) is 1.32. The molecule has 0 aliphatic carbocycles. The molecule has 2 nitrogen and oxygen atoms in total. The van der Waals surface area contributed by atoms with E-state index in [4.69, 9.17) is 0 Å². The monoisotopic (exact) mass is 202 g/mol. The number of benzene rings is 1. The fourth-order valence-electron chi connectivity index (χ4n) is 0.703. The summed E-state index contributed by atoms with van der Waals surface area (Å²) in [5.74, 6) is -5.19. The molecule has 1 rings (SSSR count). The molecule has 0 amide bonds. The lowest BCUT2D eigenvalue weighted by Gasteiger charge is -2.01. The average Bonchev–Trinajstić information content (AvgIpc) is 2.11. The lowest BCUT2D eigenvalue weighted by Crippen LogP contribution is -2.07. The van der Waals surface area contributed by atoms with E-state index in [1.54, 1.807) is 0 Å². The maximum Gasteiger partial charge on any atom is 0.371 e. The zero-order chi connectivity index (χ0) is 10.7. The van der Waals surface area contributed by atoms with E-state index in [0.717, 1.165) is 12.1 Å². The zero-order valence-electron chi connectivity index (χ0n) is 6.89. The zero-order valence-corrected chi connectivity index (χ0v) is 6.89. The third kappa shape index (κ3) is 2.35. The molecular formula is C9H5F3O2. The van der Waals surface area contributed by atoms with Gasteiger partial charge in [0.15, 0.2) is 11.6 Å². The van der Waals surface area contributed by atoms with Crippen molar-refractivity contribution in [3.63, 3.8) is 0 Å². The van der Waals surface area contributed by atoms with Gasteiger partial charge in [-0.05, 0) is 12.1 Å². The summed E-state index contributed by atoms with van der Waals surface area (Å²) in [4.78, 5) is 10.6. The van der Waals surface area contributed by atoms with Gasteiger partial charge in [0, 0.05) is 6.07 Å². The van der Waals surface area contributed by atoms with Crippen LogP contribution in [0.1, 0.15) is 0 Å². The van der Waals surface area contributed by atoms with Crippen molar-refractivity contribution in [2.75, 3.05) is 0 Å². The fraction of sp³-hybridized carbons (Fsp3) is 0. The number of rotatable bonds is 2. The number of esters is 1. The topological polar surface area (TPSA) is 26.3 Å². The highest BCUT2D eigenvalue weighted by atomic mass is 19.2. The Morgan fingerprint density at radius 2 is 1.93 bits per heavy atom. The van der Waals surface area contributed by atoms with Crippen molar-refractivity contribution < 1.29 is 22.7 Å². The molecule has 0 spiro atoms. The first-order chi connectivity index (χ1) is 6.50. The van der Waals surface area contributed by atoms with Crippen LogP contribution in [0, 0.1) is 11.6 Å². The Bertz CT molecular complexity index is 388. The van der Waals surface area contributed by atoms with Gasteiger partial charge in [-0.3, -0.25) is 0 Å². The predicted octanol–water partition coefficient (Wildman–Crippen LogP) is 2.35. The molecule has 1 aromatic rings. The maximum atomic E-state index is 12.5. The number of hydrogen-bond acceptors (Lipinski definition) is 2. The van der Waals surface area contributed by atoms with E-state index in [1.165, 1.54) is 0 Å². The Balaban J connectivity index is 2.83. The second-order valence-corrected chi connectivity index (χ2v) is 2.37. The van der Waals surface area contributed by atoms with E-state index >= 15 is 0 Å². The molecule has 0 heterocycles. The molecule has 0 aliphatic rings. The Kier molecular flexibility index (Phi) is 2.91. The molecule has 0 saturated heterocycles.